The van der Waals surface area contributed by atoms with Crippen LogP contribution in [-0.2, 0) is 0 Å². The summed E-state index contributed by atoms with van der Waals surface area (Å²) < 4.78 is 18.8. The molecular formula is C15H22FNO3. The number of methoxy groups -OCH3 is 1. The number of aliphatic hydroxyl groups is 1. The summed E-state index contributed by atoms with van der Waals surface area (Å²) in [5.74, 6) is -0.593. The number of nitrogens with zero attached hydrogens (tertiary/aromatic N) is 1. The summed E-state index contributed by atoms with van der Waals surface area (Å²) in [6, 6.07) is 4.56. The van der Waals surface area contributed by atoms with Gasteiger partial charge in [-0.15, -0.1) is 0 Å². The molecule has 20 heavy (non-hydrogen) atoms. The minimum Gasteiger partial charge on any atom is -0.496 e. The lowest BCUT2D eigenvalue weighted by Crippen LogP contribution is -2.35. The van der Waals surface area contributed by atoms with E-state index in [9.17, 15) is 9.18 Å². The Morgan fingerprint density at radius 1 is 1.40 bits per heavy atom. The maximum absolute atomic E-state index is 13.8. The summed E-state index contributed by atoms with van der Waals surface area (Å²) >= 11 is 0. The van der Waals surface area contributed by atoms with Crippen molar-refractivity contribution in [2.24, 2.45) is 0 Å². The molecule has 0 bridgehead atoms. The summed E-state index contributed by atoms with van der Waals surface area (Å²) in [4.78, 5) is 14.1. The number of Topliss-reactive ketones (excluding diaryl/α,β-unsaturated/α-hetero) is 1. The first-order valence-electron chi connectivity index (χ1n) is 6.71. The van der Waals surface area contributed by atoms with Crippen molar-refractivity contribution in [3.63, 3.8) is 0 Å². The Morgan fingerprint density at radius 3 is 2.65 bits per heavy atom. The molecule has 0 atom stereocenters. The van der Waals surface area contributed by atoms with E-state index in [2.05, 4.69) is 0 Å². The molecule has 0 aliphatic carbocycles. The molecule has 0 aliphatic heterocycles. The van der Waals surface area contributed by atoms with Gasteiger partial charge < -0.3 is 9.84 Å². The molecule has 0 saturated carbocycles. The maximum Gasteiger partial charge on any atom is 0.170 e. The third-order valence-electron chi connectivity index (χ3n) is 3.22. The predicted octanol–water partition coefficient (Wildman–Crippen LogP) is 2.11. The molecule has 0 aromatic heterocycles. The topological polar surface area (TPSA) is 49.8 Å². The Morgan fingerprint density at radius 2 is 2.10 bits per heavy atom. The predicted molar refractivity (Wildman–Crippen MR) is 75.7 cm³/mol. The van der Waals surface area contributed by atoms with E-state index in [1.807, 2.05) is 18.7 Å². The van der Waals surface area contributed by atoms with E-state index in [1.54, 1.807) is 6.07 Å². The molecule has 0 spiro atoms. The van der Waals surface area contributed by atoms with Gasteiger partial charge in [-0.1, -0.05) is 6.07 Å². The van der Waals surface area contributed by atoms with Crippen LogP contribution in [0.5, 0.6) is 5.75 Å². The maximum atomic E-state index is 13.8. The molecular weight excluding hydrogens is 261 g/mol. The van der Waals surface area contributed by atoms with E-state index in [0.29, 0.717) is 13.1 Å². The number of carbonyl (C=O) groups is 1. The lowest BCUT2D eigenvalue weighted by molar-refractivity contribution is 0.0937. The summed E-state index contributed by atoms with van der Waals surface area (Å²) in [6.45, 7) is 5.00. The molecule has 112 valence electrons. The van der Waals surface area contributed by atoms with Crippen LogP contribution >= 0.6 is 0 Å². The van der Waals surface area contributed by atoms with Crippen LogP contribution in [0.15, 0.2) is 18.2 Å². The van der Waals surface area contributed by atoms with E-state index in [-0.39, 0.29) is 36.2 Å². The molecule has 1 aromatic carbocycles. The molecule has 1 aromatic rings. The molecule has 5 heteroatoms. The smallest absolute Gasteiger partial charge is 0.170 e. The highest BCUT2D eigenvalue weighted by atomic mass is 19.1. The average Bonchev–Trinajstić information content (AvgIpc) is 2.42. The second-order valence-electron chi connectivity index (χ2n) is 4.84. The number of ether oxygens (including phenoxy) is 1. The Balaban J connectivity index is 2.76. The number of halogens is 1. The molecule has 0 saturated heterocycles. The van der Waals surface area contributed by atoms with Gasteiger partial charge in [-0.05, 0) is 26.0 Å². The van der Waals surface area contributed by atoms with Gasteiger partial charge in [-0.2, -0.15) is 0 Å². The van der Waals surface area contributed by atoms with Gasteiger partial charge in [0.2, 0.25) is 0 Å². The SMILES string of the molecule is COc1cccc(F)c1C(=O)CCN(CCO)C(C)C. The zero-order valence-corrected chi connectivity index (χ0v) is 12.2. The van der Waals surface area contributed by atoms with Gasteiger partial charge in [0, 0.05) is 25.6 Å². The number of hydrogen-bond acceptors (Lipinski definition) is 4. The van der Waals surface area contributed by atoms with Crippen molar-refractivity contribution in [3.8, 4) is 5.75 Å². The molecule has 1 N–H and O–H groups in total. The normalized spacial score (nSPS) is 11.2. The first kappa shape index (κ1) is 16.6. The van der Waals surface area contributed by atoms with Gasteiger partial charge in [-0.25, -0.2) is 4.39 Å². The van der Waals surface area contributed by atoms with Crippen LogP contribution < -0.4 is 4.74 Å². The van der Waals surface area contributed by atoms with Crippen molar-refractivity contribution >= 4 is 5.78 Å². The summed E-state index contributed by atoms with van der Waals surface area (Å²) in [6.07, 6.45) is 0.190. The number of rotatable bonds is 8. The number of ketones is 1. The monoisotopic (exact) mass is 283 g/mol. The molecule has 0 radical (unpaired) electrons. The number of benzene rings is 1. The average molecular weight is 283 g/mol. The Hall–Kier alpha value is -1.46. The molecule has 0 unspecified atom stereocenters. The van der Waals surface area contributed by atoms with Crippen molar-refractivity contribution < 1.29 is 19.0 Å². The molecule has 0 heterocycles. The van der Waals surface area contributed by atoms with E-state index >= 15 is 0 Å². The van der Waals surface area contributed by atoms with Gasteiger partial charge >= 0.3 is 0 Å². The first-order valence-corrected chi connectivity index (χ1v) is 6.71. The lowest BCUT2D eigenvalue weighted by Gasteiger charge is -2.25. The van der Waals surface area contributed by atoms with Crippen LogP contribution in [0.2, 0.25) is 0 Å². The van der Waals surface area contributed by atoms with Crippen LogP contribution in [0, 0.1) is 5.82 Å². The van der Waals surface area contributed by atoms with Crippen molar-refractivity contribution in [1.82, 2.24) is 4.90 Å². The van der Waals surface area contributed by atoms with Gasteiger partial charge in [0.15, 0.2) is 5.78 Å². The van der Waals surface area contributed by atoms with E-state index < -0.39 is 5.82 Å². The van der Waals surface area contributed by atoms with E-state index in [0.717, 1.165) is 0 Å². The largest absolute Gasteiger partial charge is 0.496 e. The molecule has 1 rings (SSSR count). The quantitative estimate of drug-likeness (QED) is 0.742. The highest BCUT2D eigenvalue weighted by Crippen LogP contribution is 2.22. The standard InChI is InChI=1S/C15H22FNO3/c1-11(2)17(9-10-18)8-7-13(19)15-12(16)5-4-6-14(15)20-3/h4-6,11,18H,7-10H2,1-3H3. The molecule has 0 amide bonds. The van der Waals surface area contributed by atoms with Gasteiger partial charge in [0.05, 0.1) is 19.3 Å². The highest BCUT2D eigenvalue weighted by molar-refractivity contribution is 5.99. The minimum absolute atomic E-state index is 0.00250. The number of carbonyl (C=O) groups excluding carboxylic acids is 1. The van der Waals surface area contributed by atoms with Crippen LogP contribution in [0.25, 0.3) is 0 Å². The van der Waals surface area contributed by atoms with Crippen molar-refractivity contribution in [2.75, 3.05) is 26.8 Å². The third kappa shape index (κ3) is 4.28. The van der Waals surface area contributed by atoms with Gasteiger partial charge in [0.25, 0.3) is 0 Å². The van der Waals surface area contributed by atoms with Crippen LogP contribution in [-0.4, -0.2) is 48.6 Å². The Kier molecular flexibility index (Phi) is 6.61. The zero-order valence-electron chi connectivity index (χ0n) is 12.2. The minimum atomic E-state index is -0.562. The van der Waals surface area contributed by atoms with Gasteiger partial charge in [-0.3, -0.25) is 9.69 Å². The van der Waals surface area contributed by atoms with Crippen molar-refractivity contribution in [1.29, 1.82) is 0 Å². The fraction of sp³-hybridized carbons (Fsp3) is 0.533. The van der Waals surface area contributed by atoms with Gasteiger partial charge in [0.1, 0.15) is 11.6 Å². The van der Waals surface area contributed by atoms with Crippen LogP contribution in [0.4, 0.5) is 4.39 Å². The lowest BCUT2D eigenvalue weighted by atomic mass is 10.1. The third-order valence-corrected chi connectivity index (χ3v) is 3.22. The second-order valence-corrected chi connectivity index (χ2v) is 4.84. The summed E-state index contributed by atoms with van der Waals surface area (Å²) in [7, 11) is 1.41. The Bertz CT molecular complexity index is 449. The van der Waals surface area contributed by atoms with E-state index in [1.165, 1.54) is 19.2 Å². The first-order chi connectivity index (χ1) is 9.51. The number of aliphatic hydroxyl groups excluding tert-OH is 1. The molecule has 0 fully saturated rings. The molecule has 4 nitrogen and oxygen atoms in total. The number of hydrogen-bond donors (Lipinski definition) is 1. The summed E-state index contributed by atoms with van der Waals surface area (Å²) in [5, 5.41) is 8.99. The fourth-order valence-corrected chi connectivity index (χ4v) is 2.07. The second kappa shape index (κ2) is 7.97. The van der Waals surface area contributed by atoms with E-state index in [4.69, 9.17) is 9.84 Å². The molecule has 0 aliphatic rings. The van der Waals surface area contributed by atoms with Crippen molar-refractivity contribution in [2.45, 2.75) is 26.3 Å². The van der Waals surface area contributed by atoms with Crippen LogP contribution in [0.1, 0.15) is 30.6 Å². The Labute approximate surface area is 119 Å². The summed E-state index contributed by atoms with van der Waals surface area (Å²) in [5.41, 5.74) is 0.00250. The van der Waals surface area contributed by atoms with Crippen LogP contribution in [0.3, 0.4) is 0 Å². The highest BCUT2D eigenvalue weighted by Gasteiger charge is 2.19. The fourth-order valence-electron chi connectivity index (χ4n) is 2.07. The van der Waals surface area contributed by atoms with Crippen molar-refractivity contribution in [3.05, 3.63) is 29.6 Å². The zero-order chi connectivity index (χ0) is 15.1.